The van der Waals surface area contributed by atoms with Crippen LogP contribution >= 0.6 is 16.0 Å². The summed E-state index contributed by atoms with van der Waals surface area (Å²) >= 11 is 0. The molecule has 34 heavy (non-hydrogen) atoms. The Hall–Kier alpha value is -3.08. The Labute approximate surface area is 204 Å². The van der Waals surface area contributed by atoms with Crippen LogP contribution in [0, 0.1) is 0 Å². The van der Waals surface area contributed by atoms with Crippen molar-refractivity contribution in [1.29, 1.82) is 0 Å². The number of benzene rings is 5. The van der Waals surface area contributed by atoms with Gasteiger partial charge in [0.05, 0.1) is 0 Å². The summed E-state index contributed by atoms with van der Waals surface area (Å²) in [4.78, 5) is 0. The van der Waals surface area contributed by atoms with Crippen LogP contribution in [0.4, 0.5) is 0 Å². The molecule has 2 N–H and O–H groups in total. The van der Waals surface area contributed by atoms with Gasteiger partial charge in [0.15, 0.2) is 0 Å². The van der Waals surface area contributed by atoms with E-state index in [2.05, 4.69) is 133 Å². The Bertz CT molecular complexity index is 1300. The standard InChI is InChI=1S/C31H27NP2/c32-34(29-20-8-3-9-21-29)31-23-13-11-15-26(31)24-25-14-10-12-22-30(25)33(27-16-4-1-5-17-27)28-18-6-2-7-19-28/h1-23H,24,32H2. The van der Waals surface area contributed by atoms with Crippen LogP contribution in [-0.4, -0.2) is 0 Å². The van der Waals surface area contributed by atoms with Gasteiger partial charge in [-0.2, -0.15) is 0 Å². The van der Waals surface area contributed by atoms with Crippen molar-refractivity contribution < 1.29 is 0 Å². The average Bonchev–Trinajstić information content (AvgIpc) is 2.91. The first-order valence-corrected chi connectivity index (χ1v) is 14.2. The summed E-state index contributed by atoms with van der Waals surface area (Å²) in [5.74, 6) is 0. The third kappa shape index (κ3) is 5.03. The smallest absolute Gasteiger partial charge is 0.0228 e. The predicted octanol–water partition coefficient (Wildman–Crippen LogP) is 5.34. The van der Waals surface area contributed by atoms with E-state index in [9.17, 15) is 0 Å². The molecule has 0 aliphatic heterocycles. The molecule has 0 saturated carbocycles. The van der Waals surface area contributed by atoms with Crippen LogP contribution in [0.3, 0.4) is 0 Å². The van der Waals surface area contributed by atoms with E-state index in [4.69, 9.17) is 5.50 Å². The lowest BCUT2D eigenvalue weighted by molar-refractivity contribution is 1.22. The molecule has 0 fully saturated rings. The lowest BCUT2D eigenvalue weighted by Gasteiger charge is -2.23. The predicted molar refractivity (Wildman–Crippen MR) is 151 cm³/mol. The summed E-state index contributed by atoms with van der Waals surface area (Å²) in [7, 11) is -1.55. The molecule has 1 unspecified atom stereocenters. The minimum absolute atomic E-state index is 0.658. The van der Waals surface area contributed by atoms with Gasteiger partial charge < -0.3 is 5.50 Å². The third-order valence-electron chi connectivity index (χ3n) is 5.93. The molecule has 5 aromatic carbocycles. The van der Waals surface area contributed by atoms with Crippen molar-refractivity contribution in [2.45, 2.75) is 6.42 Å². The van der Waals surface area contributed by atoms with E-state index in [1.165, 1.54) is 37.6 Å². The zero-order chi connectivity index (χ0) is 23.2. The second-order valence-electron chi connectivity index (χ2n) is 8.15. The van der Waals surface area contributed by atoms with Gasteiger partial charge in [-0.1, -0.05) is 140 Å². The highest BCUT2D eigenvalue weighted by atomic mass is 31.1. The quantitative estimate of drug-likeness (QED) is 0.316. The van der Waals surface area contributed by atoms with Crippen molar-refractivity contribution >= 4 is 42.5 Å². The highest BCUT2D eigenvalue weighted by Crippen LogP contribution is 2.35. The molecule has 0 heterocycles. The second-order valence-corrected chi connectivity index (χ2v) is 12.1. The monoisotopic (exact) mass is 475 g/mol. The highest BCUT2D eigenvalue weighted by Gasteiger charge is 2.20. The van der Waals surface area contributed by atoms with E-state index in [1.54, 1.807) is 0 Å². The fourth-order valence-corrected chi connectivity index (χ4v) is 8.24. The van der Waals surface area contributed by atoms with Crippen LogP contribution in [0.2, 0.25) is 0 Å². The average molecular weight is 476 g/mol. The van der Waals surface area contributed by atoms with Gasteiger partial charge in [0.2, 0.25) is 0 Å². The number of hydrogen-bond donors (Lipinski definition) is 1. The Kier molecular flexibility index (Phi) is 7.28. The van der Waals surface area contributed by atoms with Crippen LogP contribution < -0.4 is 32.0 Å². The van der Waals surface area contributed by atoms with Gasteiger partial charge in [0.1, 0.15) is 0 Å². The topological polar surface area (TPSA) is 26.0 Å². The largest absolute Gasteiger partial charge is 0.302 e. The number of nitrogens with two attached hydrogens (primary N) is 1. The summed E-state index contributed by atoms with van der Waals surface area (Å²) in [6, 6.07) is 49.9. The fraction of sp³-hybridized carbons (Fsp3) is 0.0323. The van der Waals surface area contributed by atoms with Crippen LogP contribution in [0.1, 0.15) is 11.1 Å². The van der Waals surface area contributed by atoms with Crippen LogP contribution in [0.5, 0.6) is 0 Å². The van der Waals surface area contributed by atoms with E-state index >= 15 is 0 Å². The first-order valence-electron chi connectivity index (χ1n) is 11.5. The zero-order valence-corrected chi connectivity index (χ0v) is 20.7. The molecule has 0 aliphatic rings. The summed E-state index contributed by atoms with van der Waals surface area (Å²) < 4.78 is 0. The van der Waals surface area contributed by atoms with Crippen molar-refractivity contribution in [3.8, 4) is 0 Å². The SMILES string of the molecule is NP(c1ccccc1)c1ccccc1Cc1ccccc1P(c1ccccc1)c1ccccc1. The Morgan fingerprint density at radius 3 is 1.32 bits per heavy atom. The lowest BCUT2D eigenvalue weighted by Crippen LogP contribution is -2.25. The molecular formula is C31H27NP2. The van der Waals surface area contributed by atoms with Gasteiger partial charge in [-0.3, -0.25) is 0 Å². The normalized spacial score (nSPS) is 11.9. The van der Waals surface area contributed by atoms with E-state index < -0.39 is 16.0 Å². The van der Waals surface area contributed by atoms with Gasteiger partial charge in [0, 0.05) is 8.07 Å². The summed E-state index contributed by atoms with van der Waals surface area (Å²) in [5.41, 5.74) is 9.49. The summed E-state index contributed by atoms with van der Waals surface area (Å²) in [5, 5.41) is 6.60. The van der Waals surface area contributed by atoms with Gasteiger partial charge in [-0.15, -0.1) is 0 Å². The molecule has 0 saturated heterocycles. The van der Waals surface area contributed by atoms with Gasteiger partial charge >= 0.3 is 0 Å². The van der Waals surface area contributed by atoms with Crippen molar-refractivity contribution in [1.82, 2.24) is 0 Å². The van der Waals surface area contributed by atoms with Crippen molar-refractivity contribution in [2.24, 2.45) is 5.50 Å². The van der Waals surface area contributed by atoms with Crippen LogP contribution in [0.15, 0.2) is 140 Å². The van der Waals surface area contributed by atoms with E-state index in [0.717, 1.165) is 6.42 Å². The Balaban J connectivity index is 1.57. The minimum atomic E-state index is -0.895. The van der Waals surface area contributed by atoms with Crippen LogP contribution in [-0.2, 0) is 6.42 Å². The molecule has 0 spiro atoms. The minimum Gasteiger partial charge on any atom is -0.302 e. The molecule has 0 aliphatic carbocycles. The van der Waals surface area contributed by atoms with Gasteiger partial charge in [-0.05, 0) is 52.0 Å². The molecule has 166 valence electrons. The summed E-state index contributed by atoms with van der Waals surface area (Å²) in [6.07, 6.45) is 0.869. The maximum absolute atomic E-state index is 6.82. The maximum Gasteiger partial charge on any atom is 0.0228 e. The van der Waals surface area contributed by atoms with Gasteiger partial charge in [-0.25, -0.2) is 0 Å². The molecule has 5 aromatic rings. The van der Waals surface area contributed by atoms with E-state index in [-0.39, 0.29) is 0 Å². The van der Waals surface area contributed by atoms with Crippen molar-refractivity contribution in [3.05, 3.63) is 151 Å². The Morgan fingerprint density at radius 2 is 0.794 bits per heavy atom. The van der Waals surface area contributed by atoms with Crippen LogP contribution in [0.25, 0.3) is 0 Å². The molecule has 3 heteroatoms. The zero-order valence-electron chi connectivity index (χ0n) is 19.0. The molecule has 1 nitrogen and oxygen atoms in total. The molecule has 5 rings (SSSR count). The van der Waals surface area contributed by atoms with Crippen molar-refractivity contribution in [3.63, 3.8) is 0 Å². The molecule has 0 bridgehead atoms. The molecule has 1 atom stereocenters. The molecule has 0 amide bonds. The first-order chi connectivity index (χ1) is 16.8. The fourth-order valence-electron chi connectivity index (χ4n) is 4.29. The number of rotatable bonds is 7. The van der Waals surface area contributed by atoms with Gasteiger partial charge in [0.25, 0.3) is 0 Å². The number of hydrogen-bond acceptors (Lipinski definition) is 1. The molecule has 0 aromatic heterocycles. The van der Waals surface area contributed by atoms with Crippen molar-refractivity contribution in [2.75, 3.05) is 0 Å². The highest BCUT2D eigenvalue weighted by molar-refractivity contribution is 7.80. The lowest BCUT2D eigenvalue weighted by atomic mass is 10.1. The van der Waals surface area contributed by atoms with E-state index in [1.807, 2.05) is 6.07 Å². The first kappa shape index (κ1) is 22.7. The Morgan fingerprint density at radius 1 is 0.412 bits per heavy atom. The third-order valence-corrected chi connectivity index (χ3v) is 10.3. The van der Waals surface area contributed by atoms with E-state index in [0.29, 0.717) is 0 Å². The maximum atomic E-state index is 6.82. The second kappa shape index (κ2) is 10.9. The molecule has 0 radical (unpaired) electrons. The summed E-state index contributed by atoms with van der Waals surface area (Å²) in [6.45, 7) is 0. The molecular weight excluding hydrogens is 448 g/mol.